The van der Waals surface area contributed by atoms with Crippen molar-refractivity contribution >= 4 is 5.69 Å². The van der Waals surface area contributed by atoms with Gasteiger partial charge in [-0.05, 0) is 17.7 Å². The molecule has 0 heterocycles. The third-order valence-electron chi connectivity index (χ3n) is 1.49. The van der Waals surface area contributed by atoms with Crippen LogP contribution in [0.3, 0.4) is 0 Å². The van der Waals surface area contributed by atoms with E-state index >= 15 is 0 Å². The van der Waals surface area contributed by atoms with Crippen LogP contribution in [-0.2, 0) is 0 Å². The number of rotatable bonds is 4. The molecule has 0 saturated carbocycles. The Balaban J connectivity index is 2.89. The van der Waals surface area contributed by atoms with Gasteiger partial charge in [0, 0.05) is 10.6 Å². The smallest absolute Gasteiger partial charge is 0.428 e. The molecule has 8 heteroatoms. The molecular weight excluding hydrogens is 230 g/mol. The summed E-state index contributed by atoms with van der Waals surface area (Å²) in [5.41, 5.74) is 8.07. The van der Waals surface area contributed by atoms with Gasteiger partial charge in [0.1, 0.15) is 5.75 Å². The molecule has 0 unspecified atom stereocenters. The van der Waals surface area contributed by atoms with E-state index in [0.29, 0.717) is 0 Å². The lowest BCUT2D eigenvalue weighted by Gasteiger charge is -2.16. The van der Waals surface area contributed by atoms with Crippen molar-refractivity contribution in [1.29, 1.82) is 0 Å². The van der Waals surface area contributed by atoms with Gasteiger partial charge >= 0.3 is 12.5 Å². The van der Waals surface area contributed by atoms with Crippen LogP contribution in [0.5, 0.6) is 5.75 Å². The maximum absolute atomic E-state index is 12.5. The molecule has 0 saturated heterocycles. The first-order valence-corrected chi connectivity index (χ1v) is 3.96. The minimum atomic E-state index is -4.57. The number of ether oxygens (including phenoxy) is 1. The SMILES string of the molecule is [N-]=[N+]=Nc1cccc(OC(F)(F)C(F)F)c1. The van der Waals surface area contributed by atoms with Crippen LogP contribution in [0.25, 0.3) is 10.4 Å². The molecule has 1 aromatic rings. The van der Waals surface area contributed by atoms with Crippen LogP contribution < -0.4 is 4.74 Å². The van der Waals surface area contributed by atoms with Gasteiger partial charge in [-0.15, -0.1) is 0 Å². The van der Waals surface area contributed by atoms with Gasteiger partial charge in [-0.2, -0.15) is 17.6 Å². The maximum Gasteiger partial charge on any atom is 0.461 e. The van der Waals surface area contributed by atoms with Crippen molar-refractivity contribution in [3.05, 3.63) is 34.7 Å². The fraction of sp³-hybridized carbons (Fsp3) is 0.250. The number of nitrogens with zero attached hydrogens (tertiary/aromatic N) is 3. The zero-order valence-corrected chi connectivity index (χ0v) is 7.65. The van der Waals surface area contributed by atoms with Crippen LogP contribution in [0, 0.1) is 0 Å². The second kappa shape index (κ2) is 4.71. The Bertz CT molecular complexity index is 417. The van der Waals surface area contributed by atoms with Crippen LogP contribution in [0.2, 0.25) is 0 Å². The first-order valence-electron chi connectivity index (χ1n) is 3.96. The molecule has 86 valence electrons. The first kappa shape index (κ1) is 12.1. The Labute approximate surface area is 87.1 Å². The predicted molar refractivity (Wildman–Crippen MR) is 46.8 cm³/mol. The molecule has 0 atom stereocenters. The third kappa shape index (κ3) is 3.03. The zero-order chi connectivity index (χ0) is 12.2. The Kier molecular flexibility index (Phi) is 3.57. The van der Waals surface area contributed by atoms with Crippen LogP contribution in [0.1, 0.15) is 0 Å². The van der Waals surface area contributed by atoms with E-state index in [1.165, 1.54) is 12.1 Å². The predicted octanol–water partition coefficient (Wildman–Crippen LogP) is 3.87. The van der Waals surface area contributed by atoms with E-state index in [2.05, 4.69) is 14.8 Å². The number of hydrogen-bond acceptors (Lipinski definition) is 2. The van der Waals surface area contributed by atoms with Crippen molar-refractivity contribution in [2.24, 2.45) is 5.11 Å². The molecule has 0 aliphatic rings. The van der Waals surface area contributed by atoms with E-state index in [4.69, 9.17) is 5.53 Å². The lowest BCUT2D eigenvalue weighted by molar-refractivity contribution is -0.253. The third-order valence-corrected chi connectivity index (χ3v) is 1.49. The summed E-state index contributed by atoms with van der Waals surface area (Å²) < 4.78 is 52.3. The lowest BCUT2D eigenvalue weighted by Crippen LogP contribution is -2.33. The van der Waals surface area contributed by atoms with Gasteiger partial charge in [0.2, 0.25) is 0 Å². The van der Waals surface area contributed by atoms with Crippen LogP contribution >= 0.6 is 0 Å². The fourth-order valence-electron chi connectivity index (χ4n) is 0.863. The summed E-state index contributed by atoms with van der Waals surface area (Å²) in [6.45, 7) is 0. The maximum atomic E-state index is 12.5. The molecule has 0 aliphatic heterocycles. The summed E-state index contributed by atoms with van der Waals surface area (Å²) in [7, 11) is 0. The molecule has 1 rings (SSSR count). The molecule has 0 amide bonds. The molecule has 0 aliphatic carbocycles. The van der Waals surface area contributed by atoms with Gasteiger partial charge < -0.3 is 4.74 Å². The molecule has 1 aromatic carbocycles. The number of azide groups is 1. The van der Waals surface area contributed by atoms with Gasteiger partial charge in [-0.3, -0.25) is 0 Å². The van der Waals surface area contributed by atoms with Crippen LogP contribution in [0.15, 0.2) is 29.4 Å². The second-order valence-corrected chi connectivity index (χ2v) is 2.65. The zero-order valence-electron chi connectivity index (χ0n) is 7.65. The Morgan fingerprint density at radius 1 is 1.38 bits per heavy atom. The fourth-order valence-corrected chi connectivity index (χ4v) is 0.863. The Morgan fingerprint density at radius 2 is 2.06 bits per heavy atom. The van der Waals surface area contributed by atoms with Crippen LogP contribution in [-0.4, -0.2) is 12.5 Å². The van der Waals surface area contributed by atoms with Gasteiger partial charge in [0.15, 0.2) is 0 Å². The first-order chi connectivity index (χ1) is 7.45. The molecule has 16 heavy (non-hydrogen) atoms. The van der Waals surface area contributed by atoms with Crippen LogP contribution in [0.4, 0.5) is 23.2 Å². The van der Waals surface area contributed by atoms with E-state index in [9.17, 15) is 17.6 Å². The van der Waals surface area contributed by atoms with Crippen molar-refractivity contribution < 1.29 is 22.3 Å². The van der Waals surface area contributed by atoms with Gasteiger partial charge in [0.05, 0.1) is 0 Å². The van der Waals surface area contributed by atoms with Gasteiger partial charge in [-0.1, -0.05) is 17.2 Å². The van der Waals surface area contributed by atoms with Crippen molar-refractivity contribution in [3.8, 4) is 5.75 Å². The summed E-state index contributed by atoms with van der Waals surface area (Å²) in [5, 5.41) is 3.11. The molecule has 0 aromatic heterocycles. The highest BCUT2D eigenvalue weighted by Crippen LogP contribution is 2.29. The number of hydrogen-bond donors (Lipinski definition) is 0. The van der Waals surface area contributed by atoms with Crippen molar-refractivity contribution in [2.75, 3.05) is 0 Å². The standard InChI is InChI=1S/C8H5F4N3O/c9-7(10)8(11,12)16-6-3-1-2-5(4-6)14-15-13/h1-4,7H. The van der Waals surface area contributed by atoms with E-state index in [-0.39, 0.29) is 5.69 Å². The summed E-state index contributed by atoms with van der Waals surface area (Å²) >= 11 is 0. The molecule has 0 spiro atoms. The quantitative estimate of drug-likeness (QED) is 0.338. The lowest BCUT2D eigenvalue weighted by atomic mass is 10.3. The highest BCUT2D eigenvalue weighted by Gasteiger charge is 2.43. The average molecular weight is 235 g/mol. The molecule has 0 fully saturated rings. The topological polar surface area (TPSA) is 58.0 Å². The van der Waals surface area contributed by atoms with Gasteiger partial charge in [0.25, 0.3) is 0 Å². The monoisotopic (exact) mass is 235 g/mol. The molecule has 4 nitrogen and oxygen atoms in total. The van der Waals surface area contributed by atoms with E-state index < -0.39 is 18.3 Å². The van der Waals surface area contributed by atoms with Crippen molar-refractivity contribution in [3.63, 3.8) is 0 Å². The Hall–Kier alpha value is -1.95. The minimum Gasteiger partial charge on any atom is -0.428 e. The van der Waals surface area contributed by atoms with Crippen molar-refractivity contribution in [2.45, 2.75) is 12.5 Å². The largest absolute Gasteiger partial charge is 0.461 e. The van der Waals surface area contributed by atoms with E-state index in [1.807, 2.05) is 0 Å². The highest BCUT2D eigenvalue weighted by molar-refractivity contribution is 5.43. The molecular formula is C8H5F4N3O. The Morgan fingerprint density at radius 3 is 2.62 bits per heavy atom. The molecule has 0 N–H and O–H groups in total. The second-order valence-electron chi connectivity index (χ2n) is 2.65. The number of halogens is 4. The number of alkyl halides is 4. The van der Waals surface area contributed by atoms with E-state index in [1.54, 1.807) is 0 Å². The minimum absolute atomic E-state index is 0.00920. The molecule has 0 radical (unpaired) electrons. The highest BCUT2D eigenvalue weighted by atomic mass is 19.3. The normalized spacial score (nSPS) is 11.1. The summed E-state index contributed by atoms with van der Waals surface area (Å²) in [5.74, 6) is -0.504. The van der Waals surface area contributed by atoms with Gasteiger partial charge in [-0.25, -0.2) is 0 Å². The average Bonchev–Trinajstić information content (AvgIpc) is 2.17. The molecule has 0 bridgehead atoms. The number of benzene rings is 1. The summed E-state index contributed by atoms with van der Waals surface area (Å²) in [6, 6.07) is 4.52. The van der Waals surface area contributed by atoms with E-state index in [0.717, 1.165) is 12.1 Å². The summed E-state index contributed by atoms with van der Waals surface area (Å²) in [6.07, 6.45) is -8.51. The van der Waals surface area contributed by atoms with Crippen molar-refractivity contribution in [1.82, 2.24) is 0 Å². The summed E-state index contributed by atoms with van der Waals surface area (Å²) in [4.78, 5) is 2.41.